The monoisotopic (exact) mass is 195 g/mol. The van der Waals surface area contributed by atoms with E-state index in [1.807, 2.05) is 48.7 Å². The van der Waals surface area contributed by atoms with Crippen LogP contribution < -0.4 is 0 Å². The van der Waals surface area contributed by atoms with Crippen molar-refractivity contribution in [3.8, 4) is 0 Å². The number of rotatable bonds is 1. The highest BCUT2D eigenvalue weighted by molar-refractivity contribution is 6.10. The van der Waals surface area contributed by atoms with Crippen LogP contribution >= 0.6 is 0 Å². The van der Waals surface area contributed by atoms with Crippen LogP contribution in [0.3, 0.4) is 0 Å². The molecule has 0 aromatic heterocycles. The zero-order valence-electron chi connectivity index (χ0n) is 8.72. The zero-order valence-corrected chi connectivity index (χ0v) is 8.72. The Labute approximate surface area is 90.2 Å². The van der Waals surface area contributed by atoms with Crippen molar-refractivity contribution in [2.24, 2.45) is 4.99 Å². The van der Waals surface area contributed by atoms with E-state index in [9.17, 15) is 0 Å². The molecule has 15 heavy (non-hydrogen) atoms. The third-order valence-electron chi connectivity index (χ3n) is 2.31. The Morgan fingerprint density at radius 3 is 2.60 bits per heavy atom. The zero-order chi connectivity index (χ0) is 10.5. The summed E-state index contributed by atoms with van der Waals surface area (Å²) in [5.74, 6) is 0. The van der Waals surface area contributed by atoms with Crippen molar-refractivity contribution in [3.63, 3.8) is 0 Å². The van der Waals surface area contributed by atoms with Crippen LogP contribution in [0.1, 0.15) is 11.1 Å². The molecular weight excluding hydrogens is 182 g/mol. The lowest BCUT2D eigenvalue weighted by Crippen LogP contribution is -1.99. The average molecular weight is 195 g/mol. The van der Waals surface area contributed by atoms with Gasteiger partial charge in [-0.2, -0.15) is 0 Å². The summed E-state index contributed by atoms with van der Waals surface area (Å²) in [4.78, 5) is 4.41. The molecule has 74 valence electrons. The number of hydrogen-bond donors (Lipinski definition) is 0. The molecule has 1 aromatic rings. The molecule has 2 rings (SSSR count). The molecule has 0 saturated heterocycles. The topological polar surface area (TPSA) is 12.4 Å². The van der Waals surface area contributed by atoms with Gasteiger partial charge in [0.15, 0.2) is 0 Å². The van der Waals surface area contributed by atoms with Crippen LogP contribution in [-0.4, -0.2) is 5.71 Å². The predicted octanol–water partition coefficient (Wildman–Crippen LogP) is 3.42. The number of aliphatic imine (C=N–C) groups is 1. The summed E-state index contributed by atoms with van der Waals surface area (Å²) in [6.45, 7) is 2.10. The summed E-state index contributed by atoms with van der Waals surface area (Å²) in [6, 6.07) is 8.28. The fourth-order valence-corrected chi connectivity index (χ4v) is 1.51. The molecule has 1 aliphatic rings. The molecule has 0 bridgehead atoms. The molecule has 0 fully saturated rings. The van der Waals surface area contributed by atoms with Crippen LogP contribution in [0.4, 0.5) is 0 Å². The van der Waals surface area contributed by atoms with Crippen LogP contribution in [-0.2, 0) is 0 Å². The molecule has 0 saturated carbocycles. The van der Waals surface area contributed by atoms with E-state index in [0.29, 0.717) is 0 Å². The molecule has 1 heteroatoms. The van der Waals surface area contributed by atoms with E-state index in [-0.39, 0.29) is 0 Å². The Kier molecular flexibility index (Phi) is 2.93. The average Bonchev–Trinajstić information content (AvgIpc) is 2.19. The number of benzene rings is 1. The van der Waals surface area contributed by atoms with Crippen molar-refractivity contribution in [1.29, 1.82) is 0 Å². The van der Waals surface area contributed by atoms with Crippen molar-refractivity contribution in [3.05, 3.63) is 72.0 Å². The van der Waals surface area contributed by atoms with E-state index in [0.717, 1.165) is 5.71 Å². The molecule has 0 amide bonds. The Morgan fingerprint density at radius 2 is 1.73 bits per heavy atom. The van der Waals surface area contributed by atoms with Gasteiger partial charge < -0.3 is 0 Å². The van der Waals surface area contributed by atoms with E-state index in [1.165, 1.54) is 11.1 Å². The van der Waals surface area contributed by atoms with Gasteiger partial charge in [-0.05, 0) is 24.6 Å². The van der Waals surface area contributed by atoms with Gasteiger partial charge in [0.1, 0.15) is 0 Å². The van der Waals surface area contributed by atoms with Crippen LogP contribution in [0.15, 0.2) is 65.8 Å². The van der Waals surface area contributed by atoms with E-state index < -0.39 is 0 Å². The highest BCUT2D eigenvalue weighted by atomic mass is 14.7. The summed E-state index contributed by atoms with van der Waals surface area (Å²) in [7, 11) is 0. The number of hydrogen-bond acceptors (Lipinski definition) is 1. The summed E-state index contributed by atoms with van der Waals surface area (Å²) in [5, 5.41) is 0. The first kappa shape index (κ1) is 9.66. The van der Waals surface area contributed by atoms with E-state index in [1.54, 1.807) is 0 Å². The maximum Gasteiger partial charge on any atom is 0.0704 e. The minimum absolute atomic E-state index is 1.01. The van der Waals surface area contributed by atoms with Gasteiger partial charge >= 0.3 is 0 Å². The largest absolute Gasteiger partial charge is 0.256 e. The maximum atomic E-state index is 4.41. The van der Waals surface area contributed by atoms with Crippen LogP contribution in [0.25, 0.3) is 0 Å². The van der Waals surface area contributed by atoms with Crippen LogP contribution in [0.2, 0.25) is 0 Å². The van der Waals surface area contributed by atoms with Gasteiger partial charge in [-0.15, -0.1) is 0 Å². The van der Waals surface area contributed by atoms with Crippen molar-refractivity contribution < 1.29 is 0 Å². The Balaban J connectivity index is 2.42. The second-order valence-electron chi connectivity index (χ2n) is 3.41. The first-order valence-corrected chi connectivity index (χ1v) is 5.01. The fourth-order valence-electron chi connectivity index (χ4n) is 1.51. The second-order valence-corrected chi connectivity index (χ2v) is 3.41. The second kappa shape index (κ2) is 4.56. The first-order valence-electron chi connectivity index (χ1n) is 5.01. The highest BCUT2D eigenvalue weighted by Gasteiger charge is 2.01. The predicted molar refractivity (Wildman–Crippen MR) is 65.1 cm³/mol. The smallest absolute Gasteiger partial charge is 0.0704 e. The van der Waals surface area contributed by atoms with E-state index in [4.69, 9.17) is 0 Å². The summed E-state index contributed by atoms with van der Waals surface area (Å²) < 4.78 is 0. The summed E-state index contributed by atoms with van der Waals surface area (Å²) >= 11 is 0. The number of allylic oxidation sites excluding steroid dienone is 5. The standard InChI is InChI=1S/C14H13N/c1-12-8-5-6-9-13(12)14-10-4-2-3-7-11-15-14/h2-11H,1H3. The lowest BCUT2D eigenvalue weighted by atomic mass is 10.0. The van der Waals surface area contributed by atoms with Gasteiger partial charge in [-0.1, -0.05) is 42.5 Å². The summed E-state index contributed by atoms with van der Waals surface area (Å²) in [5.41, 5.74) is 3.45. The Morgan fingerprint density at radius 1 is 0.933 bits per heavy atom. The number of aryl methyl sites for hydroxylation is 1. The van der Waals surface area contributed by atoms with Gasteiger partial charge in [-0.3, -0.25) is 4.99 Å². The lowest BCUT2D eigenvalue weighted by Gasteiger charge is -2.04. The summed E-state index contributed by atoms with van der Waals surface area (Å²) in [6.07, 6.45) is 11.8. The van der Waals surface area contributed by atoms with Crippen molar-refractivity contribution in [1.82, 2.24) is 0 Å². The minimum atomic E-state index is 1.01. The van der Waals surface area contributed by atoms with Crippen LogP contribution in [0, 0.1) is 6.92 Å². The van der Waals surface area contributed by atoms with Gasteiger partial charge in [-0.25, -0.2) is 0 Å². The molecule has 0 aliphatic carbocycles. The maximum absolute atomic E-state index is 4.41. The molecule has 0 radical (unpaired) electrons. The fraction of sp³-hybridized carbons (Fsp3) is 0.0714. The molecule has 0 unspecified atom stereocenters. The minimum Gasteiger partial charge on any atom is -0.256 e. The SMILES string of the molecule is Cc1ccccc1C1=NC=CC=CC=C1. The van der Waals surface area contributed by atoms with Crippen molar-refractivity contribution in [2.45, 2.75) is 6.92 Å². The quantitative estimate of drug-likeness (QED) is 0.651. The van der Waals surface area contributed by atoms with E-state index in [2.05, 4.69) is 24.0 Å². The first-order chi connectivity index (χ1) is 7.38. The van der Waals surface area contributed by atoms with Crippen molar-refractivity contribution >= 4 is 5.71 Å². The van der Waals surface area contributed by atoms with Gasteiger partial charge in [0.25, 0.3) is 0 Å². The molecule has 1 aromatic carbocycles. The third-order valence-corrected chi connectivity index (χ3v) is 2.31. The third kappa shape index (κ3) is 2.32. The van der Waals surface area contributed by atoms with Gasteiger partial charge in [0.05, 0.1) is 5.71 Å². The molecular formula is C14H13N. The molecule has 1 heterocycles. The molecule has 0 atom stereocenters. The Hall–Kier alpha value is -1.89. The highest BCUT2D eigenvalue weighted by Crippen LogP contribution is 2.10. The lowest BCUT2D eigenvalue weighted by molar-refractivity contribution is 1.42. The normalized spacial score (nSPS) is 14.6. The number of nitrogens with zero attached hydrogens (tertiary/aromatic N) is 1. The van der Waals surface area contributed by atoms with E-state index >= 15 is 0 Å². The molecule has 1 nitrogen and oxygen atoms in total. The molecule has 0 spiro atoms. The van der Waals surface area contributed by atoms with Gasteiger partial charge in [0, 0.05) is 11.8 Å². The van der Waals surface area contributed by atoms with Gasteiger partial charge in [0.2, 0.25) is 0 Å². The molecule has 0 N–H and O–H groups in total. The van der Waals surface area contributed by atoms with Crippen molar-refractivity contribution in [2.75, 3.05) is 0 Å². The molecule has 1 aliphatic heterocycles. The Bertz CT molecular complexity index is 462. The van der Waals surface area contributed by atoms with Crippen LogP contribution in [0.5, 0.6) is 0 Å².